The summed E-state index contributed by atoms with van der Waals surface area (Å²) in [5.41, 5.74) is 1.52. The van der Waals surface area contributed by atoms with E-state index in [4.69, 9.17) is 28.5 Å². The Bertz CT molecular complexity index is 576. The first-order valence-corrected chi connectivity index (χ1v) is 5.13. The van der Waals surface area contributed by atoms with Gasteiger partial charge in [0.2, 0.25) is 0 Å². The van der Waals surface area contributed by atoms with Crippen LogP contribution in [0.2, 0.25) is 10.0 Å². The number of nitrogens with zero attached hydrogens (tertiary/aromatic N) is 3. The molecule has 0 aliphatic heterocycles. The van der Waals surface area contributed by atoms with Gasteiger partial charge in [0.15, 0.2) is 5.69 Å². The van der Waals surface area contributed by atoms with Crippen LogP contribution < -0.4 is 0 Å². The van der Waals surface area contributed by atoms with Gasteiger partial charge in [0, 0.05) is 27.4 Å². The molecule has 0 aliphatic rings. The van der Waals surface area contributed by atoms with Crippen LogP contribution in [0.1, 0.15) is 5.69 Å². The van der Waals surface area contributed by atoms with E-state index in [1.54, 1.807) is 24.4 Å². The van der Waals surface area contributed by atoms with E-state index in [1.807, 2.05) is 6.07 Å². The van der Waals surface area contributed by atoms with Crippen molar-refractivity contribution in [1.29, 1.82) is 5.26 Å². The van der Waals surface area contributed by atoms with Crippen LogP contribution in [-0.2, 0) is 0 Å². The molecule has 2 aromatic rings. The van der Waals surface area contributed by atoms with Crippen molar-refractivity contribution in [2.45, 2.75) is 0 Å². The van der Waals surface area contributed by atoms with Gasteiger partial charge in [-0.3, -0.25) is 0 Å². The fraction of sp³-hybridized carbons (Fsp3) is 0. The van der Waals surface area contributed by atoms with Crippen molar-refractivity contribution in [3.8, 4) is 17.2 Å². The zero-order valence-electron chi connectivity index (χ0n) is 7.98. The van der Waals surface area contributed by atoms with Crippen LogP contribution in [0, 0.1) is 11.3 Å². The first-order valence-electron chi connectivity index (χ1n) is 4.38. The second kappa shape index (κ2) is 4.48. The average molecular weight is 250 g/mol. The van der Waals surface area contributed by atoms with Gasteiger partial charge in [-0.2, -0.15) is 5.26 Å². The van der Waals surface area contributed by atoms with Crippen LogP contribution in [0.15, 0.2) is 30.7 Å². The second-order valence-electron chi connectivity index (χ2n) is 3.02. The molecule has 78 valence electrons. The number of aromatic nitrogens is 2. The van der Waals surface area contributed by atoms with Gasteiger partial charge in [0.25, 0.3) is 0 Å². The Kier molecular flexibility index (Phi) is 3.04. The van der Waals surface area contributed by atoms with Gasteiger partial charge in [0.05, 0.1) is 0 Å². The Morgan fingerprint density at radius 3 is 2.75 bits per heavy atom. The monoisotopic (exact) mass is 249 g/mol. The lowest BCUT2D eigenvalue weighted by Gasteiger charge is -2.05. The lowest BCUT2D eigenvalue weighted by molar-refractivity contribution is 1.14. The minimum Gasteiger partial charge on any atom is -0.244 e. The summed E-state index contributed by atoms with van der Waals surface area (Å²) in [6.07, 6.45) is 2.86. The Morgan fingerprint density at radius 1 is 1.19 bits per heavy atom. The summed E-state index contributed by atoms with van der Waals surface area (Å²) in [5, 5.41) is 9.98. The van der Waals surface area contributed by atoms with Crippen LogP contribution in [0.25, 0.3) is 11.1 Å². The molecule has 3 nitrogen and oxygen atoms in total. The van der Waals surface area contributed by atoms with Crippen LogP contribution in [0.4, 0.5) is 0 Å². The van der Waals surface area contributed by atoms with Gasteiger partial charge in [-0.05, 0) is 18.2 Å². The molecule has 0 radical (unpaired) electrons. The molecular formula is C11H5Cl2N3. The van der Waals surface area contributed by atoms with Crippen molar-refractivity contribution in [2.24, 2.45) is 0 Å². The molecule has 16 heavy (non-hydrogen) atoms. The van der Waals surface area contributed by atoms with Crippen molar-refractivity contribution in [1.82, 2.24) is 9.97 Å². The molecule has 0 saturated carbocycles. The van der Waals surface area contributed by atoms with Crippen molar-refractivity contribution in [3.05, 3.63) is 46.5 Å². The zero-order chi connectivity index (χ0) is 11.5. The molecule has 1 aromatic heterocycles. The molecule has 0 aliphatic carbocycles. The summed E-state index contributed by atoms with van der Waals surface area (Å²) in [4.78, 5) is 7.75. The molecule has 2 rings (SSSR count). The van der Waals surface area contributed by atoms with E-state index in [1.165, 1.54) is 6.33 Å². The molecule has 0 amide bonds. The van der Waals surface area contributed by atoms with Crippen molar-refractivity contribution in [3.63, 3.8) is 0 Å². The lowest BCUT2D eigenvalue weighted by Crippen LogP contribution is -1.91. The number of rotatable bonds is 1. The Morgan fingerprint density at radius 2 is 2.00 bits per heavy atom. The molecule has 0 bridgehead atoms. The maximum Gasteiger partial charge on any atom is 0.151 e. The average Bonchev–Trinajstić information content (AvgIpc) is 2.32. The Labute approximate surface area is 102 Å². The largest absolute Gasteiger partial charge is 0.244 e. The fourth-order valence-electron chi connectivity index (χ4n) is 1.32. The molecule has 0 unspecified atom stereocenters. The minimum atomic E-state index is 0.277. The summed E-state index contributed by atoms with van der Waals surface area (Å²) in [5.74, 6) is 0. The van der Waals surface area contributed by atoms with Gasteiger partial charge < -0.3 is 0 Å². The molecule has 1 aromatic carbocycles. The molecular weight excluding hydrogens is 245 g/mol. The normalized spacial score (nSPS) is 9.81. The molecule has 0 saturated heterocycles. The summed E-state index contributed by atoms with van der Waals surface area (Å²) in [6, 6.07) is 7.03. The fourth-order valence-corrected chi connectivity index (χ4v) is 1.71. The summed E-state index contributed by atoms with van der Waals surface area (Å²) >= 11 is 11.9. The second-order valence-corrected chi connectivity index (χ2v) is 3.86. The quantitative estimate of drug-likeness (QED) is 0.779. The third-order valence-electron chi connectivity index (χ3n) is 2.04. The van der Waals surface area contributed by atoms with Crippen LogP contribution in [-0.4, -0.2) is 9.97 Å². The third kappa shape index (κ3) is 1.99. The van der Waals surface area contributed by atoms with E-state index in [0.717, 1.165) is 0 Å². The van der Waals surface area contributed by atoms with Gasteiger partial charge in [-0.25, -0.2) is 9.97 Å². The Hall–Kier alpha value is -1.63. The predicted octanol–water partition coefficient (Wildman–Crippen LogP) is 3.32. The van der Waals surface area contributed by atoms with Gasteiger partial charge in [-0.1, -0.05) is 23.2 Å². The van der Waals surface area contributed by atoms with Crippen LogP contribution in [0.5, 0.6) is 0 Å². The van der Waals surface area contributed by atoms with E-state index in [9.17, 15) is 0 Å². The number of halogens is 2. The van der Waals surface area contributed by atoms with Crippen molar-refractivity contribution in [2.75, 3.05) is 0 Å². The maximum absolute atomic E-state index is 8.92. The molecule has 5 heteroatoms. The lowest BCUT2D eigenvalue weighted by atomic mass is 10.1. The first kappa shape index (κ1) is 10.9. The van der Waals surface area contributed by atoms with E-state index in [0.29, 0.717) is 21.2 Å². The van der Waals surface area contributed by atoms with Gasteiger partial charge in [-0.15, -0.1) is 0 Å². The zero-order valence-corrected chi connectivity index (χ0v) is 9.50. The van der Waals surface area contributed by atoms with Gasteiger partial charge >= 0.3 is 0 Å². The third-order valence-corrected chi connectivity index (χ3v) is 2.60. The van der Waals surface area contributed by atoms with E-state index in [-0.39, 0.29) is 5.69 Å². The standard InChI is InChI=1S/C11H5Cl2N3/c12-7-1-2-10(13)8(3-7)9-5-15-6-16-11(9)4-14/h1-3,5-6H. The van der Waals surface area contributed by atoms with E-state index >= 15 is 0 Å². The van der Waals surface area contributed by atoms with Crippen LogP contribution >= 0.6 is 23.2 Å². The number of benzene rings is 1. The summed E-state index contributed by atoms with van der Waals surface area (Å²) < 4.78 is 0. The molecule has 0 N–H and O–H groups in total. The number of nitriles is 1. The molecule has 0 atom stereocenters. The summed E-state index contributed by atoms with van der Waals surface area (Å²) in [6.45, 7) is 0. The topological polar surface area (TPSA) is 49.6 Å². The van der Waals surface area contributed by atoms with Crippen molar-refractivity contribution >= 4 is 23.2 Å². The van der Waals surface area contributed by atoms with Gasteiger partial charge in [0.1, 0.15) is 12.4 Å². The maximum atomic E-state index is 8.92. The highest BCUT2D eigenvalue weighted by molar-refractivity contribution is 6.35. The van der Waals surface area contributed by atoms with E-state index < -0.39 is 0 Å². The smallest absolute Gasteiger partial charge is 0.151 e. The predicted molar refractivity (Wildman–Crippen MR) is 62.2 cm³/mol. The highest BCUT2D eigenvalue weighted by Gasteiger charge is 2.10. The first-order chi connectivity index (χ1) is 7.72. The Balaban J connectivity index is 2.68. The molecule has 1 heterocycles. The highest BCUT2D eigenvalue weighted by atomic mass is 35.5. The highest BCUT2D eigenvalue weighted by Crippen LogP contribution is 2.31. The minimum absolute atomic E-state index is 0.277. The van der Waals surface area contributed by atoms with Crippen molar-refractivity contribution < 1.29 is 0 Å². The number of hydrogen-bond acceptors (Lipinski definition) is 3. The number of hydrogen-bond donors (Lipinski definition) is 0. The summed E-state index contributed by atoms with van der Waals surface area (Å²) in [7, 11) is 0. The SMILES string of the molecule is N#Cc1ncncc1-c1cc(Cl)ccc1Cl. The molecule has 0 spiro atoms. The molecule has 0 fully saturated rings. The van der Waals surface area contributed by atoms with E-state index in [2.05, 4.69) is 9.97 Å². The van der Waals surface area contributed by atoms with Crippen LogP contribution in [0.3, 0.4) is 0 Å².